The van der Waals surface area contributed by atoms with Crippen LogP contribution in [0.1, 0.15) is 18.4 Å². The molecule has 0 aliphatic heterocycles. The molecule has 1 aromatic carbocycles. The Bertz CT molecular complexity index is 581. The van der Waals surface area contributed by atoms with Crippen LogP contribution in [0.2, 0.25) is 5.02 Å². The lowest BCUT2D eigenvalue weighted by Gasteiger charge is -2.01. The number of rotatable bonds is 4. The predicted molar refractivity (Wildman–Crippen MR) is 68.6 cm³/mol. The first-order valence-corrected chi connectivity index (χ1v) is 7.67. The van der Waals surface area contributed by atoms with Crippen molar-refractivity contribution in [3.63, 3.8) is 0 Å². The molecule has 1 saturated carbocycles. The van der Waals surface area contributed by atoms with E-state index in [9.17, 15) is 13.2 Å². The number of hydrogen-bond acceptors (Lipinski definition) is 3. The Balaban J connectivity index is 2.37. The minimum Gasteiger partial charge on any atom is -0.481 e. The molecule has 0 unspecified atom stereocenters. The largest absolute Gasteiger partial charge is 0.481 e. The molecule has 1 aliphatic rings. The first-order chi connectivity index (χ1) is 8.38. The topological polar surface area (TPSA) is 71.4 Å². The molecular formula is C12H13ClO4S. The summed E-state index contributed by atoms with van der Waals surface area (Å²) >= 11 is 5.84. The molecule has 4 nitrogen and oxygen atoms in total. The van der Waals surface area contributed by atoms with Crippen molar-refractivity contribution in [1.82, 2.24) is 0 Å². The van der Waals surface area contributed by atoms with Gasteiger partial charge in [-0.15, -0.1) is 0 Å². The normalized spacial score (nSPS) is 26.9. The number of carboxylic acids is 1. The van der Waals surface area contributed by atoms with Gasteiger partial charge in [0.25, 0.3) is 0 Å². The fraction of sp³-hybridized carbons (Fsp3) is 0.417. The third-order valence-corrected chi connectivity index (χ3v) is 5.75. The zero-order valence-electron chi connectivity index (χ0n) is 9.71. The monoisotopic (exact) mass is 288 g/mol. The van der Waals surface area contributed by atoms with Gasteiger partial charge >= 0.3 is 5.97 Å². The van der Waals surface area contributed by atoms with Crippen LogP contribution in [0.4, 0.5) is 0 Å². The molecule has 1 fully saturated rings. The fourth-order valence-corrected chi connectivity index (χ4v) is 4.33. The lowest BCUT2D eigenvalue weighted by atomic mass is 10.1. The minimum absolute atomic E-state index is 0.0431. The summed E-state index contributed by atoms with van der Waals surface area (Å²) < 4.78 is 23.7. The molecule has 0 heterocycles. The van der Waals surface area contributed by atoms with Crippen molar-refractivity contribution in [2.24, 2.45) is 5.92 Å². The van der Waals surface area contributed by atoms with E-state index >= 15 is 0 Å². The Kier molecular flexibility index (Phi) is 3.38. The van der Waals surface area contributed by atoms with Crippen molar-refractivity contribution in [3.05, 3.63) is 34.9 Å². The highest BCUT2D eigenvalue weighted by Crippen LogP contribution is 2.52. The molecule has 0 amide bonds. The average molecular weight is 289 g/mol. The molecule has 3 atom stereocenters. The third-order valence-electron chi connectivity index (χ3n) is 3.29. The molecule has 1 aromatic rings. The van der Waals surface area contributed by atoms with Gasteiger partial charge in [0.05, 0.1) is 11.2 Å². The second-order valence-corrected chi connectivity index (χ2v) is 7.24. The molecule has 0 spiro atoms. The quantitative estimate of drug-likeness (QED) is 0.919. The van der Waals surface area contributed by atoms with Gasteiger partial charge in [0.1, 0.15) is 0 Å². The number of hydrogen-bond donors (Lipinski definition) is 1. The van der Waals surface area contributed by atoms with Crippen LogP contribution in [0.5, 0.6) is 0 Å². The number of carboxylic acid groups (broad SMARTS) is 1. The highest BCUT2D eigenvalue weighted by molar-refractivity contribution is 7.92. The summed E-state index contributed by atoms with van der Waals surface area (Å²) in [5.41, 5.74) is 0.678. The van der Waals surface area contributed by atoms with Crippen molar-refractivity contribution in [1.29, 1.82) is 0 Å². The Morgan fingerprint density at radius 2 is 2.11 bits per heavy atom. The van der Waals surface area contributed by atoms with E-state index in [1.54, 1.807) is 24.3 Å². The Labute approximate surface area is 110 Å². The van der Waals surface area contributed by atoms with E-state index in [-0.39, 0.29) is 5.75 Å². The molecule has 0 saturated heterocycles. The highest BCUT2D eigenvalue weighted by atomic mass is 35.5. The molecular weight excluding hydrogens is 276 g/mol. The highest BCUT2D eigenvalue weighted by Gasteiger charge is 2.62. The van der Waals surface area contributed by atoms with Crippen LogP contribution >= 0.6 is 11.6 Å². The zero-order valence-corrected chi connectivity index (χ0v) is 11.3. The molecule has 6 heteroatoms. The standard InChI is InChI=1S/C12H13ClO4S/c1-2-18(16,17)11-9(10(11)12(14)15)7-4-3-5-8(13)6-7/h3-6,9-11H,2H2,1H3,(H,14,15)/t9-,10+,11+/m1/s1. The lowest BCUT2D eigenvalue weighted by molar-refractivity contribution is -0.138. The van der Waals surface area contributed by atoms with E-state index in [1.165, 1.54) is 6.92 Å². The van der Waals surface area contributed by atoms with E-state index in [2.05, 4.69) is 0 Å². The van der Waals surface area contributed by atoms with Crippen molar-refractivity contribution in [2.75, 3.05) is 5.75 Å². The fourth-order valence-electron chi connectivity index (χ4n) is 2.33. The van der Waals surface area contributed by atoms with E-state index in [0.717, 1.165) is 0 Å². The Morgan fingerprint density at radius 3 is 2.61 bits per heavy atom. The van der Waals surface area contributed by atoms with Gasteiger partial charge in [-0.05, 0) is 17.7 Å². The van der Waals surface area contributed by atoms with Gasteiger partial charge in [-0.1, -0.05) is 30.7 Å². The number of halogens is 1. The van der Waals surface area contributed by atoms with Crippen LogP contribution in [0, 0.1) is 5.92 Å². The summed E-state index contributed by atoms with van der Waals surface area (Å²) in [4.78, 5) is 11.1. The van der Waals surface area contributed by atoms with Crippen molar-refractivity contribution in [2.45, 2.75) is 18.1 Å². The number of sulfone groups is 1. The average Bonchev–Trinajstić information content (AvgIpc) is 3.05. The molecule has 0 radical (unpaired) electrons. The summed E-state index contributed by atoms with van der Waals surface area (Å²) in [6.07, 6.45) is 0. The molecule has 1 aliphatic carbocycles. The first kappa shape index (κ1) is 13.4. The summed E-state index contributed by atoms with van der Waals surface area (Å²) in [5, 5.41) is 8.75. The number of aliphatic carboxylic acids is 1. The molecule has 0 aromatic heterocycles. The third kappa shape index (κ3) is 2.24. The summed E-state index contributed by atoms with van der Waals surface area (Å²) in [7, 11) is -3.35. The maximum atomic E-state index is 11.8. The smallest absolute Gasteiger partial charge is 0.308 e. The predicted octanol–water partition coefficient (Wildman–Crippen LogP) is 1.94. The SMILES string of the molecule is CCS(=O)(=O)[C@@H]1[C@@H](C(=O)O)[C@H]1c1cccc(Cl)c1. The van der Waals surface area contributed by atoms with Crippen LogP contribution in [0.3, 0.4) is 0 Å². The van der Waals surface area contributed by atoms with E-state index in [0.29, 0.717) is 10.6 Å². The summed E-state index contributed by atoms with van der Waals surface area (Å²) in [6, 6.07) is 6.72. The van der Waals surface area contributed by atoms with E-state index in [1.807, 2.05) is 0 Å². The maximum Gasteiger partial charge on any atom is 0.308 e. The van der Waals surface area contributed by atoms with Crippen LogP contribution < -0.4 is 0 Å². The Hall–Kier alpha value is -1.07. The van der Waals surface area contributed by atoms with Gasteiger partial charge in [0, 0.05) is 16.7 Å². The van der Waals surface area contributed by atoms with Gasteiger partial charge in [0.2, 0.25) is 0 Å². The van der Waals surface area contributed by atoms with Gasteiger partial charge < -0.3 is 5.11 Å². The second-order valence-electron chi connectivity index (χ2n) is 4.36. The van der Waals surface area contributed by atoms with Gasteiger partial charge in [-0.2, -0.15) is 0 Å². The lowest BCUT2D eigenvalue weighted by Crippen LogP contribution is -2.14. The van der Waals surface area contributed by atoms with Gasteiger partial charge in [-0.25, -0.2) is 8.42 Å². The molecule has 98 valence electrons. The molecule has 2 rings (SSSR count). The van der Waals surface area contributed by atoms with Crippen molar-refractivity contribution in [3.8, 4) is 0 Å². The van der Waals surface area contributed by atoms with E-state index < -0.39 is 32.9 Å². The summed E-state index contributed by atoms with van der Waals surface area (Å²) in [6.45, 7) is 1.53. The van der Waals surface area contributed by atoms with Crippen LogP contribution in [-0.4, -0.2) is 30.5 Å². The Morgan fingerprint density at radius 1 is 1.44 bits per heavy atom. The van der Waals surface area contributed by atoms with Crippen LogP contribution in [0.25, 0.3) is 0 Å². The minimum atomic E-state index is -3.35. The van der Waals surface area contributed by atoms with Crippen LogP contribution in [-0.2, 0) is 14.6 Å². The zero-order chi connectivity index (χ0) is 13.5. The molecule has 18 heavy (non-hydrogen) atoms. The molecule has 1 N–H and O–H groups in total. The van der Waals surface area contributed by atoms with E-state index in [4.69, 9.17) is 16.7 Å². The van der Waals surface area contributed by atoms with Crippen LogP contribution in [0.15, 0.2) is 24.3 Å². The van der Waals surface area contributed by atoms with Gasteiger partial charge in [0.15, 0.2) is 9.84 Å². The van der Waals surface area contributed by atoms with Crippen molar-refractivity contribution >= 4 is 27.4 Å². The number of benzene rings is 1. The van der Waals surface area contributed by atoms with Gasteiger partial charge in [-0.3, -0.25) is 4.79 Å². The second kappa shape index (κ2) is 4.55. The number of carbonyl (C=O) groups is 1. The molecule has 0 bridgehead atoms. The van der Waals surface area contributed by atoms with Crippen molar-refractivity contribution < 1.29 is 18.3 Å². The maximum absolute atomic E-state index is 11.8. The summed E-state index contributed by atoms with van der Waals surface area (Å²) in [5.74, 6) is -2.44. The first-order valence-electron chi connectivity index (χ1n) is 5.58.